The molecule has 3 heteroatoms. The summed E-state index contributed by atoms with van der Waals surface area (Å²) in [5.74, 6) is 0. The van der Waals surface area contributed by atoms with Crippen molar-refractivity contribution in [3.63, 3.8) is 0 Å². The van der Waals surface area contributed by atoms with E-state index in [1.807, 2.05) is 0 Å². The summed E-state index contributed by atoms with van der Waals surface area (Å²) in [6, 6.07) is 0. The van der Waals surface area contributed by atoms with E-state index in [1.54, 1.807) is 0 Å². The molecule has 1 heterocycles. The highest BCUT2D eigenvalue weighted by atomic mass is 19.1. The summed E-state index contributed by atoms with van der Waals surface area (Å²) in [5, 5.41) is 9.06. The van der Waals surface area contributed by atoms with Crippen LogP contribution >= 0.6 is 0 Å². The van der Waals surface area contributed by atoms with Crippen LogP contribution in [0.2, 0.25) is 0 Å². The number of hydrogen-bond donors (Lipinski definition) is 1. The van der Waals surface area contributed by atoms with E-state index in [-0.39, 0.29) is 12.0 Å². The third-order valence-corrected chi connectivity index (χ3v) is 3.07. The van der Waals surface area contributed by atoms with Crippen molar-refractivity contribution in [2.45, 2.75) is 25.4 Å². The first-order valence-corrected chi connectivity index (χ1v) is 5.21. The summed E-state index contributed by atoms with van der Waals surface area (Å²) in [5.41, 5.74) is 0.157. The lowest BCUT2D eigenvalue weighted by Gasteiger charge is -2.20. The van der Waals surface area contributed by atoms with Crippen molar-refractivity contribution >= 4 is 0 Å². The first-order valence-electron chi connectivity index (χ1n) is 5.21. The number of likely N-dealkylation sites (tertiary alicyclic amines) is 1. The minimum atomic E-state index is -0.625. The smallest absolute Gasteiger partial charge is 0.114 e. The minimum Gasteiger partial charge on any atom is -0.396 e. The summed E-state index contributed by atoms with van der Waals surface area (Å²) in [7, 11) is 0. The first kappa shape index (κ1) is 11.7. The van der Waals surface area contributed by atoms with Gasteiger partial charge in [0.2, 0.25) is 0 Å². The molecular formula is C11H20FNO. The van der Waals surface area contributed by atoms with E-state index >= 15 is 0 Å². The number of nitrogens with zero attached hydrogens (tertiary/aromatic N) is 1. The van der Waals surface area contributed by atoms with Crippen LogP contribution in [-0.2, 0) is 0 Å². The maximum absolute atomic E-state index is 12.8. The van der Waals surface area contributed by atoms with Crippen LogP contribution < -0.4 is 0 Å². The zero-order valence-corrected chi connectivity index (χ0v) is 8.71. The van der Waals surface area contributed by atoms with Gasteiger partial charge in [0.25, 0.3) is 0 Å². The van der Waals surface area contributed by atoms with Gasteiger partial charge in [0.05, 0.1) is 0 Å². The van der Waals surface area contributed by atoms with Crippen LogP contribution in [0.15, 0.2) is 13.2 Å². The molecule has 0 aromatic rings. The fourth-order valence-electron chi connectivity index (χ4n) is 1.95. The summed E-state index contributed by atoms with van der Waals surface area (Å²) in [6.45, 7) is 8.65. The predicted molar refractivity (Wildman–Crippen MR) is 56.0 cm³/mol. The molecule has 82 valence electrons. The average molecular weight is 201 g/mol. The summed E-state index contributed by atoms with van der Waals surface area (Å²) < 4.78 is 12.8. The molecule has 2 nitrogen and oxygen atoms in total. The molecule has 1 saturated carbocycles. The number of alkyl halides is 1. The third-order valence-electron chi connectivity index (χ3n) is 3.07. The Morgan fingerprint density at radius 3 is 2.43 bits per heavy atom. The normalized spacial score (nSPS) is 29.4. The Kier molecular flexibility index (Phi) is 4.08. The van der Waals surface area contributed by atoms with E-state index in [1.165, 1.54) is 0 Å². The van der Waals surface area contributed by atoms with E-state index in [0.29, 0.717) is 13.0 Å². The Bertz CT molecular complexity index is 182. The van der Waals surface area contributed by atoms with Crippen LogP contribution in [0.1, 0.15) is 19.3 Å². The zero-order chi connectivity index (χ0) is 10.6. The number of aliphatic hydroxyl groups is 1. The van der Waals surface area contributed by atoms with E-state index < -0.39 is 6.17 Å². The Hall–Kier alpha value is -0.410. The second-order valence-electron chi connectivity index (χ2n) is 4.28. The topological polar surface area (TPSA) is 23.5 Å². The molecule has 1 aliphatic heterocycles. The molecule has 2 rings (SSSR count). The standard InChI is InChI=1S/C9H16FNO.C2H4/c10-8-1-4-11(5-8)6-9(7-12)2-3-9;1-2/h8,12H,1-7H2;1-2H2/t8-;/m0./s1. The molecule has 1 saturated heterocycles. The maximum Gasteiger partial charge on any atom is 0.114 e. The van der Waals surface area contributed by atoms with Crippen molar-refractivity contribution < 1.29 is 9.50 Å². The largest absolute Gasteiger partial charge is 0.396 e. The molecule has 1 N–H and O–H groups in total. The van der Waals surface area contributed by atoms with Gasteiger partial charge in [0.15, 0.2) is 0 Å². The van der Waals surface area contributed by atoms with E-state index in [9.17, 15) is 4.39 Å². The highest BCUT2D eigenvalue weighted by Gasteiger charge is 2.44. The molecule has 0 aromatic heterocycles. The fourth-order valence-corrected chi connectivity index (χ4v) is 1.95. The second kappa shape index (κ2) is 4.89. The van der Waals surface area contributed by atoms with Gasteiger partial charge in [0, 0.05) is 31.7 Å². The van der Waals surface area contributed by atoms with Crippen LogP contribution in [0.4, 0.5) is 4.39 Å². The Balaban J connectivity index is 0.000000461. The van der Waals surface area contributed by atoms with E-state index in [4.69, 9.17) is 5.11 Å². The molecule has 1 aliphatic carbocycles. The number of hydrogen-bond acceptors (Lipinski definition) is 2. The van der Waals surface area contributed by atoms with Gasteiger partial charge in [-0.15, -0.1) is 13.2 Å². The molecule has 2 aliphatic rings. The molecule has 0 unspecified atom stereocenters. The van der Waals surface area contributed by atoms with Crippen molar-refractivity contribution in [2.75, 3.05) is 26.2 Å². The zero-order valence-electron chi connectivity index (χ0n) is 8.71. The van der Waals surface area contributed by atoms with Gasteiger partial charge in [-0.3, -0.25) is 4.90 Å². The van der Waals surface area contributed by atoms with Crippen LogP contribution in [0.3, 0.4) is 0 Å². The van der Waals surface area contributed by atoms with Gasteiger partial charge in [-0.1, -0.05) is 0 Å². The molecule has 0 amide bonds. The lowest BCUT2D eigenvalue weighted by Crippen LogP contribution is -2.30. The summed E-state index contributed by atoms with van der Waals surface area (Å²) >= 11 is 0. The van der Waals surface area contributed by atoms with Crippen molar-refractivity contribution in [2.24, 2.45) is 5.41 Å². The van der Waals surface area contributed by atoms with Gasteiger partial charge < -0.3 is 5.11 Å². The Labute approximate surface area is 85.4 Å². The second-order valence-corrected chi connectivity index (χ2v) is 4.28. The van der Waals surface area contributed by atoms with Crippen LogP contribution in [0, 0.1) is 5.41 Å². The quantitative estimate of drug-likeness (QED) is 0.701. The lowest BCUT2D eigenvalue weighted by atomic mass is 10.1. The van der Waals surface area contributed by atoms with E-state index in [2.05, 4.69) is 18.1 Å². The molecular weight excluding hydrogens is 181 g/mol. The fraction of sp³-hybridized carbons (Fsp3) is 0.818. The highest BCUT2D eigenvalue weighted by Crippen LogP contribution is 2.46. The van der Waals surface area contributed by atoms with Gasteiger partial charge in [-0.2, -0.15) is 0 Å². The van der Waals surface area contributed by atoms with Crippen molar-refractivity contribution in [3.05, 3.63) is 13.2 Å². The third kappa shape index (κ3) is 2.79. The van der Waals surface area contributed by atoms with Gasteiger partial charge in [0.1, 0.15) is 6.17 Å². The Morgan fingerprint density at radius 2 is 2.07 bits per heavy atom. The molecule has 0 aromatic carbocycles. The van der Waals surface area contributed by atoms with Crippen LogP contribution in [0.5, 0.6) is 0 Å². The molecule has 0 spiro atoms. The van der Waals surface area contributed by atoms with Crippen LogP contribution in [-0.4, -0.2) is 42.4 Å². The maximum atomic E-state index is 12.8. The average Bonchev–Trinajstić information content (AvgIpc) is 2.87. The van der Waals surface area contributed by atoms with Crippen molar-refractivity contribution in [1.29, 1.82) is 0 Å². The minimum absolute atomic E-state index is 0.157. The summed E-state index contributed by atoms with van der Waals surface area (Å²) in [6.07, 6.45) is 2.30. The van der Waals surface area contributed by atoms with Crippen LogP contribution in [0.25, 0.3) is 0 Å². The van der Waals surface area contributed by atoms with Crippen molar-refractivity contribution in [1.82, 2.24) is 4.90 Å². The summed E-state index contributed by atoms with van der Waals surface area (Å²) in [4.78, 5) is 2.15. The van der Waals surface area contributed by atoms with Gasteiger partial charge >= 0.3 is 0 Å². The molecule has 14 heavy (non-hydrogen) atoms. The molecule has 0 bridgehead atoms. The number of rotatable bonds is 3. The first-order chi connectivity index (χ1) is 6.74. The highest BCUT2D eigenvalue weighted by molar-refractivity contribution is 4.96. The van der Waals surface area contributed by atoms with Gasteiger partial charge in [-0.05, 0) is 19.3 Å². The monoisotopic (exact) mass is 201 g/mol. The Morgan fingerprint density at radius 1 is 1.43 bits per heavy atom. The van der Waals surface area contributed by atoms with Gasteiger partial charge in [-0.25, -0.2) is 4.39 Å². The SMILES string of the molecule is C=C.OCC1(CN2CC[C@H](F)C2)CC1. The predicted octanol–water partition coefficient (Wildman–Crippen LogP) is 1.60. The number of aliphatic hydroxyl groups excluding tert-OH is 1. The molecule has 0 radical (unpaired) electrons. The lowest BCUT2D eigenvalue weighted by molar-refractivity contribution is 0.158. The molecule has 2 fully saturated rings. The number of halogens is 1. The van der Waals surface area contributed by atoms with Crippen molar-refractivity contribution in [3.8, 4) is 0 Å². The van der Waals surface area contributed by atoms with E-state index in [0.717, 1.165) is 25.9 Å². The molecule has 1 atom stereocenters.